The molecule has 2 amide bonds. The van der Waals surface area contributed by atoms with Gasteiger partial charge in [-0.1, -0.05) is 39.0 Å². The first-order valence-electron chi connectivity index (χ1n) is 12.7. The van der Waals surface area contributed by atoms with Crippen molar-refractivity contribution in [1.29, 1.82) is 0 Å². The maximum Gasteiger partial charge on any atom is 0.246 e. The lowest BCUT2D eigenvalue weighted by molar-refractivity contribution is -0.161. The Morgan fingerprint density at radius 1 is 1.12 bits per heavy atom. The minimum absolute atomic E-state index is 0.0371. The molecule has 2 fully saturated rings. The standard InChI is InChI=1S/C27H39N5O2/c1-6-14-31-25(33)24(17-19(2)3)28-26(34)27(31)12-15-30(16-13-27)18-23-20(4)29-32(21(23)5)22-10-8-7-9-11-22/h7-11,19,24H,6,12-18H2,1-5H3,(H,28,34)/t24-/m1/s1. The van der Waals surface area contributed by atoms with Crippen molar-refractivity contribution < 1.29 is 9.59 Å². The van der Waals surface area contributed by atoms with Gasteiger partial charge in [-0.3, -0.25) is 14.5 Å². The highest BCUT2D eigenvalue weighted by molar-refractivity contribution is 6.00. The molecule has 1 N–H and O–H groups in total. The van der Waals surface area contributed by atoms with Crippen molar-refractivity contribution in [1.82, 2.24) is 24.9 Å². The quantitative estimate of drug-likeness (QED) is 0.678. The Hall–Kier alpha value is -2.67. The number of carbonyl (C=O) groups is 2. The summed E-state index contributed by atoms with van der Waals surface area (Å²) >= 11 is 0. The molecule has 1 atom stereocenters. The molecule has 1 aromatic carbocycles. The van der Waals surface area contributed by atoms with Crippen LogP contribution in [-0.4, -0.2) is 62.6 Å². The largest absolute Gasteiger partial charge is 0.342 e. The molecule has 4 rings (SSSR count). The van der Waals surface area contributed by atoms with E-state index < -0.39 is 11.6 Å². The highest BCUT2D eigenvalue weighted by Gasteiger charge is 2.53. The van der Waals surface area contributed by atoms with Crippen LogP contribution in [0.25, 0.3) is 5.69 Å². The maximum absolute atomic E-state index is 13.4. The van der Waals surface area contributed by atoms with Gasteiger partial charge in [0.2, 0.25) is 11.8 Å². The Balaban J connectivity index is 1.49. The summed E-state index contributed by atoms with van der Waals surface area (Å²) < 4.78 is 2.02. The predicted octanol–water partition coefficient (Wildman–Crippen LogP) is 3.61. The van der Waals surface area contributed by atoms with Gasteiger partial charge in [-0.15, -0.1) is 0 Å². The predicted molar refractivity (Wildman–Crippen MR) is 134 cm³/mol. The van der Waals surface area contributed by atoms with Gasteiger partial charge in [0.05, 0.1) is 11.4 Å². The number of aromatic nitrogens is 2. The van der Waals surface area contributed by atoms with Gasteiger partial charge in [-0.2, -0.15) is 5.10 Å². The average Bonchev–Trinajstić information content (AvgIpc) is 3.10. The molecule has 1 aromatic heterocycles. The molecule has 2 saturated heterocycles. The first-order chi connectivity index (χ1) is 16.3. The van der Waals surface area contributed by atoms with E-state index in [1.165, 1.54) is 5.56 Å². The number of likely N-dealkylation sites (tertiary alicyclic amines) is 1. The van der Waals surface area contributed by atoms with Gasteiger partial charge in [0, 0.05) is 37.4 Å². The zero-order chi connectivity index (χ0) is 24.5. The average molecular weight is 466 g/mol. The van der Waals surface area contributed by atoms with Crippen LogP contribution in [0.2, 0.25) is 0 Å². The van der Waals surface area contributed by atoms with Crippen LogP contribution in [0.3, 0.4) is 0 Å². The molecule has 0 aliphatic carbocycles. The highest BCUT2D eigenvalue weighted by atomic mass is 16.2. The van der Waals surface area contributed by atoms with Crippen LogP contribution >= 0.6 is 0 Å². The van der Waals surface area contributed by atoms with E-state index in [9.17, 15) is 9.59 Å². The van der Waals surface area contributed by atoms with E-state index in [1.54, 1.807) is 0 Å². The normalized spacial score (nSPS) is 20.9. The van der Waals surface area contributed by atoms with Crippen LogP contribution in [-0.2, 0) is 16.1 Å². The van der Waals surface area contributed by atoms with E-state index in [1.807, 2.05) is 27.8 Å². The maximum atomic E-state index is 13.4. The van der Waals surface area contributed by atoms with Gasteiger partial charge in [-0.25, -0.2) is 4.68 Å². The molecule has 0 saturated carbocycles. The van der Waals surface area contributed by atoms with Crippen molar-refractivity contribution in [3.05, 3.63) is 47.3 Å². The summed E-state index contributed by atoms with van der Waals surface area (Å²) in [4.78, 5) is 31.1. The molecular formula is C27H39N5O2. The molecule has 0 unspecified atom stereocenters. The lowest BCUT2D eigenvalue weighted by Crippen LogP contribution is -2.73. The van der Waals surface area contributed by atoms with Gasteiger partial charge in [0.25, 0.3) is 0 Å². The van der Waals surface area contributed by atoms with Crippen molar-refractivity contribution >= 4 is 11.8 Å². The van der Waals surface area contributed by atoms with Gasteiger partial charge in [-0.05, 0) is 57.6 Å². The number of piperidine rings is 1. The van der Waals surface area contributed by atoms with Crippen molar-refractivity contribution in [3.8, 4) is 5.69 Å². The number of nitrogens with zero attached hydrogens (tertiary/aromatic N) is 4. The number of carbonyl (C=O) groups excluding carboxylic acids is 2. The summed E-state index contributed by atoms with van der Waals surface area (Å²) in [6.07, 6.45) is 2.89. The minimum Gasteiger partial charge on any atom is -0.342 e. The third kappa shape index (κ3) is 4.50. The lowest BCUT2D eigenvalue weighted by atomic mass is 9.80. The van der Waals surface area contributed by atoms with Gasteiger partial charge in [0.15, 0.2) is 0 Å². The van der Waals surface area contributed by atoms with Crippen molar-refractivity contribution in [3.63, 3.8) is 0 Å². The number of hydrogen-bond acceptors (Lipinski definition) is 4. The van der Waals surface area contributed by atoms with Crippen molar-refractivity contribution in [2.75, 3.05) is 19.6 Å². The van der Waals surface area contributed by atoms with E-state index in [2.05, 4.69) is 57.0 Å². The second kappa shape index (κ2) is 9.90. The van der Waals surface area contributed by atoms with E-state index in [4.69, 9.17) is 5.10 Å². The van der Waals surface area contributed by atoms with E-state index >= 15 is 0 Å². The molecule has 2 aliphatic heterocycles. The summed E-state index contributed by atoms with van der Waals surface area (Å²) in [5.41, 5.74) is 3.78. The van der Waals surface area contributed by atoms with Crippen molar-refractivity contribution in [2.45, 2.75) is 78.4 Å². The molecular weight excluding hydrogens is 426 g/mol. The lowest BCUT2D eigenvalue weighted by Gasteiger charge is -2.52. The fourth-order valence-electron chi connectivity index (χ4n) is 5.58. The highest BCUT2D eigenvalue weighted by Crippen LogP contribution is 2.35. The summed E-state index contributed by atoms with van der Waals surface area (Å²) in [7, 11) is 0. The Morgan fingerprint density at radius 2 is 1.79 bits per heavy atom. The number of benzene rings is 1. The number of hydrogen-bond donors (Lipinski definition) is 1. The second-order valence-corrected chi connectivity index (χ2v) is 10.3. The fourth-order valence-corrected chi connectivity index (χ4v) is 5.58. The molecule has 34 heavy (non-hydrogen) atoms. The topological polar surface area (TPSA) is 70.5 Å². The van der Waals surface area contributed by atoms with E-state index in [0.29, 0.717) is 31.7 Å². The second-order valence-electron chi connectivity index (χ2n) is 10.3. The van der Waals surface area contributed by atoms with Crippen molar-refractivity contribution in [2.24, 2.45) is 5.92 Å². The molecule has 184 valence electrons. The number of piperazine rings is 1. The van der Waals surface area contributed by atoms with Crippen LogP contribution < -0.4 is 5.32 Å². The molecule has 0 radical (unpaired) electrons. The Morgan fingerprint density at radius 3 is 2.41 bits per heavy atom. The SMILES string of the molecule is CCCN1C(=O)[C@@H](CC(C)C)NC(=O)C12CCN(Cc1c(C)nn(-c3ccccc3)c1C)CC2. The Labute approximate surface area is 203 Å². The van der Waals surface area contributed by atoms with E-state index in [-0.39, 0.29) is 11.8 Å². The van der Waals surface area contributed by atoms with Crippen LogP contribution in [0.5, 0.6) is 0 Å². The van der Waals surface area contributed by atoms with Crippen LogP contribution in [0, 0.1) is 19.8 Å². The van der Waals surface area contributed by atoms with Crippen LogP contribution in [0.1, 0.15) is 63.4 Å². The molecule has 7 heteroatoms. The van der Waals surface area contributed by atoms with E-state index in [0.717, 1.165) is 43.1 Å². The summed E-state index contributed by atoms with van der Waals surface area (Å²) in [6, 6.07) is 9.82. The molecule has 0 bridgehead atoms. The first kappa shape index (κ1) is 24.5. The van der Waals surface area contributed by atoms with Crippen LogP contribution in [0.15, 0.2) is 30.3 Å². The Kier molecular flexibility index (Phi) is 7.12. The monoisotopic (exact) mass is 465 g/mol. The third-order valence-corrected chi connectivity index (χ3v) is 7.47. The number of para-hydroxylation sites is 1. The number of rotatable bonds is 7. The van der Waals surface area contributed by atoms with Gasteiger partial charge in [0.1, 0.15) is 11.6 Å². The van der Waals surface area contributed by atoms with Gasteiger partial charge >= 0.3 is 0 Å². The summed E-state index contributed by atoms with van der Waals surface area (Å²) in [5.74, 6) is 0.492. The summed E-state index contributed by atoms with van der Waals surface area (Å²) in [5, 5.41) is 7.88. The minimum atomic E-state index is -0.713. The zero-order valence-electron chi connectivity index (χ0n) is 21.3. The fraction of sp³-hybridized carbons (Fsp3) is 0.593. The van der Waals surface area contributed by atoms with Gasteiger partial charge < -0.3 is 10.2 Å². The molecule has 1 spiro atoms. The smallest absolute Gasteiger partial charge is 0.246 e. The first-order valence-corrected chi connectivity index (χ1v) is 12.7. The van der Waals surface area contributed by atoms with Crippen LogP contribution in [0.4, 0.5) is 0 Å². The molecule has 7 nitrogen and oxygen atoms in total. The Bertz CT molecular complexity index is 1020. The zero-order valence-corrected chi connectivity index (χ0v) is 21.3. The molecule has 2 aliphatic rings. The number of amides is 2. The molecule has 2 aromatic rings. The number of nitrogens with one attached hydrogen (secondary N) is 1. The number of aryl methyl sites for hydroxylation is 1. The summed E-state index contributed by atoms with van der Waals surface area (Å²) in [6.45, 7) is 13.5. The third-order valence-electron chi connectivity index (χ3n) is 7.47. The molecule has 3 heterocycles.